The van der Waals surface area contributed by atoms with Gasteiger partial charge in [-0.2, -0.15) is 5.10 Å². The second kappa shape index (κ2) is 4.79. The van der Waals surface area contributed by atoms with Crippen molar-refractivity contribution in [3.63, 3.8) is 0 Å². The molecule has 0 unspecified atom stereocenters. The van der Waals surface area contributed by atoms with Crippen LogP contribution in [0.2, 0.25) is 5.02 Å². The second-order valence-corrected chi connectivity index (χ2v) is 7.20. The first-order chi connectivity index (χ1) is 9.45. The van der Waals surface area contributed by atoms with E-state index in [9.17, 15) is 8.42 Å². The molecule has 0 atom stereocenters. The summed E-state index contributed by atoms with van der Waals surface area (Å²) >= 11 is 5.97. The number of anilines is 1. The number of rotatable bonds is 3. The molecule has 2 aromatic rings. The Labute approximate surface area is 122 Å². The highest BCUT2D eigenvalue weighted by Crippen LogP contribution is 2.35. The number of nitrogens with zero attached hydrogens (tertiary/aromatic N) is 3. The molecular formula is C13H14ClN3O2S. The summed E-state index contributed by atoms with van der Waals surface area (Å²) < 4.78 is 27.6. The van der Waals surface area contributed by atoms with E-state index < -0.39 is 10.0 Å². The fourth-order valence-electron chi connectivity index (χ4n) is 2.41. The minimum atomic E-state index is -3.28. The number of benzene rings is 1. The van der Waals surface area contributed by atoms with Gasteiger partial charge in [-0.1, -0.05) is 17.7 Å². The number of fused-ring (bicyclic) bond motifs is 1. The lowest BCUT2D eigenvalue weighted by atomic mass is 10.2. The van der Waals surface area contributed by atoms with E-state index in [2.05, 4.69) is 5.10 Å². The van der Waals surface area contributed by atoms with Gasteiger partial charge in [-0.05, 0) is 29.7 Å². The Balaban J connectivity index is 1.86. The zero-order chi connectivity index (χ0) is 14.3. The van der Waals surface area contributed by atoms with E-state index in [1.807, 2.05) is 13.2 Å². The van der Waals surface area contributed by atoms with E-state index in [1.54, 1.807) is 29.1 Å². The zero-order valence-electron chi connectivity index (χ0n) is 11.0. The van der Waals surface area contributed by atoms with Crippen molar-refractivity contribution in [2.75, 3.05) is 10.8 Å². The molecule has 0 amide bonds. The van der Waals surface area contributed by atoms with Crippen LogP contribution in [-0.4, -0.2) is 24.7 Å². The lowest BCUT2D eigenvalue weighted by Gasteiger charge is -2.18. The quantitative estimate of drug-likeness (QED) is 0.871. The van der Waals surface area contributed by atoms with Gasteiger partial charge in [-0.25, -0.2) is 8.42 Å². The van der Waals surface area contributed by atoms with E-state index >= 15 is 0 Å². The van der Waals surface area contributed by atoms with Crippen LogP contribution >= 0.6 is 11.6 Å². The highest BCUT2D eigenvalue weighted by atomic mass is 35.5. The van der Waals surface area contributed by atoms with Crippen LogP contribution in [0.25, 0.3) is 0 Å². The molecule has 0 N–H and O–H groups in total. The predicted molar refractivity (Wildman–Crippen MR) is 78.3 cm³/mol. The minimum Gasteiger partial charge on any atom is -0.276 e. The van der Waals surface area contributed by atoms with Crippen molar-refractivity contribution in [3.05, 3.63) is 46.7 Å². The molecule has 0 saturated carbocycles. The Morgan fingerprint density at radius 1 is 1.40 bits per heavy atom. The van der Waals surface area contributed by atoms with Crippen LogP contribution < -0.4 is 4.31 Å². The Kier molecular flexibility index (Phi) is 3.22. The Morgan fingerprint density at radius 2 is 2.20 bits per heavy atom. The molecule has 0 saturated heterocycles. The number of sulfonamides is 1. The molecule has 0 radical (unpaired) electrons. The van der Waals surface area contributed by atoms with Crippen molar-refractivity contribution >= 4 is 27.3 Å². The smallest absolute Gasteiger partial charge is 0.239 e. The molecular weight excluding hydrogens is 298 g/mol. The maximum absolute atomic E-state index is 12.2. The average Bonchev–Trinajstić information content (AvgIpc) is 2.87. The van der Waals surface area contributed by atoms with Gasteiger partial charge < -0.3 is 0 Å². The molecule has 3 rings (SSSR count). The Hall–Kier alpha value is -1.53. The number of halogens is 1. The molecule has 1 aromatic carbocycles. The first-order valence-electron chi connectivity index (χ1n) is 6.22. The summed E-state index contributed by atoms with van der Waals surface area (Å²) in [6.07, 6.45) is 4.27. The minimum absolute atomic E-state index is 0.0482. The molecule has 1 aromatic heterocycles. The highest BCUT2D eigenvalue weighted by molar-refractivity contribution is 7.92. The summed E-state index contributed by atoms with van der Waals surface area (Å²) in [5, 5.41) is 4.63. The van der Waals surface area contributed by atoms with Gasteiger partial charge >= 0.3 is 0 Å². The van der Waals surface area contributed by atoms with Crippen molar-refractivity contribution in [1.82, 2.24) is 9.78 Å². The summed E-state index contributed by atoms with van der Waals surface area (Å²) in [6, 6.07) is 5.21. The number of hydrogen-bond acceptors (Lipinski definition) is 3. The fraction of sp³-hybridized carbons (Fsp3) is 0.308. The van der Waals surface area contributed by atoms with Gasteiger partial charge in [-0.3, -0.25) is 8.99 Å². The largest absolute Gasteiger partial charge is 0.276 e. The normalized spacial score (nSPS) is 16.4. The molecule has 0 bridgehead atoms. The molecule has 0 fully saturated rings. The van der Waals surface area contributed by atoms with Gasteiger partial charge in [0.15, 0.2) is 0 Å². The molecule has 5 nitrogen and oxygen atoms in total. The van der Waals surface area contributed by atoms with Crippen molar-refractivity contribution in [1.29, 1.82) is 0 Å². The van der Waals surface area contributed by atoms with E-state index in [-0.39, 0.29) is 5.75 Å². The standard InChI is InChI=1S/C13H14ClN3O2S/c1-16-8-10(7-15-16)4-5-17-13-6-12(14)3-2-11(13)9-20(17,18)19/h2-3,6-8H,4-5,9H2,1H3. The van der Waals surface area contributed by atoms with Crippen LogP contribution in [0, 0.1) is 0 Å². The van der Waals surface area contributed by atoms with E-state index in [0.29, 0.717) is 23.7 Å². The second-order valence-electron chi connectivity index (χ2n) is 4.87. The predicted octanol–water partition coefficient (Wildman–Crippen LogP) is 1.97. The summed E-state index contributed by atoms with van der Waals surface area (Å²) in [7, 11) is -1.44. The van der Waals surface area contributed by atoms with Gasteiger partial charge in [0.05, 0.1) is 17.6 Å². The third-order valence-electron chi connectivity index (χ3n) is 3.35. The zero-order valence-corrected chi connectivity index (χ0v) is 12.5. The highest BCUT2D eigenvalue weighted by Gasteiger charge is 2.32. The molecule has 0 aliphatic carbocycles. The fourth-order valence-corrected chi connectivity index (χ4v) is 4.21. The lowest BCUT2D eigenvalue weighted by Crippen LogP contribution is -2.28. The van der Waals surface area contributed by atoms with Gasteiger partial charge in [-0.15, -0.1) is 0 Å². The number of hydrogen-bond donors (Lipinski definition) is 0. The van der Waals surface area contributed by atoms with Crippen LogP contribution in [0.5, 0.6) is 0 Å². The average molecular weight is 312 g/mol. The maximum atomic E-state index is 12.2. The van der Waals surface area contributed by atoms with Crippen LogP contribution in [0.4, 0.5) is 5.69 Å². The Morgan fingerprint density at radius 3 is 2.90 bits per heavy atom. The summed E-state index contributed by atoms with van der Waals surface area (Å²) in [4.78, 5) is 0. The van der Waals surface area contributed by atoms with Crippen molar-refractivity contribution in [2.24, 2.45) is 7.05 Å². The Bertz CT molecular complexity index is 755. The number of aryl methyl sites for hydroxylation is 1. The van der Waals surface area contributed by atoms with Crippen LogP contribution in [0.1, 0.15) is 11.1 Å². The van der Waals surface area contributed by atoms with Crippen LogP contribution in [-0.2, 0) is 29.2 Å². The summed E-state index contributed by atoms with van der Waals surface area (Å²) in [5.41, 5.74) is 2.51. The lowest BCUT2D eigenvalue weighted by molar-refractivity contribution is 0.593. The van der Waals surface area contributed by atoms with Crippen molar-refractivity contribution in [3.8, 4) is 0 Å². The monoisotopic (exact) mass is 311 g/mol. The molecule has 1 aliphatic rings. The van der Waals surface area contributed by atoms with Crippen LogP contribution in [0.3, 0.4) is 0 Å². The molecule has 106 valence electrons. The third kappa shape index (κ3) is 2.41. The topological polar surface area (TPSA) is 55.2 Å². The molecule has 2 heterocycles. The molecule has 20 heavy (non-hydrogen) atoms. The van der Waals surface area contributed by atoms with Gasteiger partial charge in [0.25, 0.3) is 0 Å². The summed E-state index contributed by atoms with van der Waals surface area (Å²) in [6.45, 7) is 0.404. The van der Waals surface area contributed by atoms with E-state index in [4.69, 9.17) is 11.6 Å². The third-order valence-corrected chi connectivity index (χ3v) is 5.31. The van der Waals surface area contributed by atoms with Gasteiger partial charge in [0, 0.05) is 24.8 Å². The van der Waals surface area contributed by atoms with Crippen molar-refractivity contribution < 1.29 is 8.42 Å². The van der Waals surface area contributed by atoms with E-state index in [1.165, 1.54) is 4.31 Å². The van der Waals surface area contributed by atoms with Gasteiger partial charge in [0.2, 0.25) is 10.0 Å². The molecule has 1 aliphatic heterocycles. The number of aromatic nitrogens is 2. The molecule has 0 spiro atoms. The van der Waals surface area contributed by atoms with Gasteiger partial charge in [0.1, 0.15) is 0 Å². The first kappa shape index (κ1) is 13.5. The van der Waals surface area contributed by atoms with Crippen molar-refractivity contribution in [2.45, 2.75) is 12.2 Å². The van der Waals surface area contributed by atoms with E-state index in [0.717, 1.165) is 11.1 Å². The molecule has 7 heteroatoms. The maximum Gasteiger partial charge on any atom is 0.239 e. The SMILES string of the molecule is Cn1cc(CCN2c3cc(Cl)ccc3CS2(=O)=O)cn1. The first-order valence-corrected chi connectivity index (χ1v) is 8.21. The van der Waals surface area contributed by atoms with Crippen LogP contribution in [0.15, 0.2) is 30.6 Å². The summed E-state index contributed by atoms with van der Waals surface area (Å²) in [5.74, 6) is 0.0482.